The number of thiazole rings is 1. The van der Waals surface area contributed by atoms with E-state index in [1.165, 1.54) is 0 Å². The summed E-state index contributed by atoms with van der Waals surface area (Å²) in [5.41, 5.74) is 3.35. The Morgan fingerprint density at radius 1 is 1.25 bits per heavy atom. The minimum Gasteiger partial charge on any atom is -0.379 e. The summed E-state index contributed by atoms with van der Waals surface area (Å²) in [5, 5.41) is 15.2. The highest BCUT2D eigenvalue weighted by molar-refractivity contribution is 7.09. The van der Waals surface area contributed by atoms with Gasteiger partial charge in [0.2, 0.25) is 0 Å². The van der Waals surface area contributed by atoms with E-state index in [9.17, 15) is 0 Å². The number of rotatable bonds is 4. The smallest absolute Gasteiger partial charge is 0.112 e. The molecule has 1 N–H and O–H groups in total. The molecule has 3 nitrogen and oxygen atoms in total. The number of hydrogen-bond acceptors (Lipinski definition) is 4. The first-order valence-corrected chi connectivity index (χ1v) is 7.51. The van der Waals surface area contributed by atoms with Gasteiger partial charge in [0.1, 0.15) is 5.01 Å². The summed E-state index contributed by atoms with van der Waals surface area (Å²) in [6.07, 6.45) is 0.460. The maximum absolute atomic E-state index is 8.64. The Morgan fingerprint density at radius 2 is 1.95 bits per heavy atom. The fraction of sp³-hybridized carbons (Fsp3) is 0.375. The van der Waals surface area contributed by atoms with Crippen LogP contribution in [0.25, 0.3) is 0 Å². The summed E-state index contributed by atoms with van der Waals surface area (Å²) in [5.74, 6) is 0. The van der Waals surface area contributed by atoms with Crippen LogP contribution in [0.2, 0.25) is 0 Å². The topological polar surface area (TPSA) is 48.7 Å². The van der Waals surface area contributed by atoms with Gasteiger partial charge in [0.25, 0.3) is 0 Å². The maximum Gasteiger partial charge on any atom is 0.112 e. The average molecular weight is 285 g/mol. The monoisotopic (exact) mass is 285 g/mol. The first kappa shape index (κ1) is 14.5. The van der Waals surface area contributed by atoms with E-state index in [0.717, 1.165) is 28.5 Å². The zero-order chi connectivity index (χ0) is 14.6. The highest BCUT2D eigenvalue weighted by Crippen LogP contribution is 2.24. The highest BCUT2D eigenvalue weighted by Gasteiger charge is 2.17. The molecule has 0 aliphatic rings. The molecule has 0 aliphatic carbocycles. The Balaban J connectivity index is 1.95. The van der Waals surface area contributed by atoms with Crippen LogP contribution in [0.1, 0.15) is 37.0 Å². The van der Waals surface area contributed by atoms with Crippen LogP contribution in [0.4, 0.5) is 5.69 Å². The van der Waals surface area contributed by atoms with Crippen LogP contribution < -0.4 is 5.32 Å². The van der Waals surface area contributed by atoms with Crippen LogP contribution >= 0.6 is 11.3 Å². The van der Waals surface area contributed by atoms with Crippen molar-refractivity contribution in [3.8, 4) is 6.07 Å². The van der Waals surface area contributed by atoms with Crippen molar-refractivity contribution in [2.24, 2.45) is 0 Å². The molecule has 0 aliphatic heterocycles. The number of nitrogens with one attached hydrogen (secondary N) is 1. The van der Waals surface area contributed by atoms with Gasteiger partial charge in [0.15, 0.2) is 0 Å². The molecule has 0 saturated carbocycles. The SMILES string of the molecule is CC(C)(C)c1csc(CNc2ccc(CC#N)cc2)n1. The lowest BCUT2D eigenvalue weighted by atomic mass is 9.93. The summed E-state index contributed by atoms with van der Waals surface area (Å²) in [4.78, 5) is 4.66. The molecule has 0 fully saturated rings. The third kappa shape index (κ3) is 3.82. The highest BCUT2D eigenvalue weighted by atomic mass is 32.1. The zero-order valence-corrected chi connectivity index (χ0v) is 12.9. The predicted molar refractivity (Wildman–Crippen MR) is 83.9 cm³/mol. The van der Waals surface area contributed by atoms with Gasteiger partial charge in [-0.15, -0.1) is 11.3 Å². The van der Waals surface area contributed by atoms with Gasteiger partial charge < -0.3 is 5.32 Å². The molecular weight excluding hydrogens is 266 g/mol. The van der Waals surface area contributed by atoms with Crippen molar-refractivity contribution in [3.63, 3.8) is 0 Å². The van der Waals surface area contributed by atoms with Crippen LogP contribution in [-0.4, -0.2) is 4.98 Å². The minimum atomic E-state index is 0.105. The molecule has 0 spiro atoms. The van der Waals surface area contributed by atoms with Gasteiger partial charge in [-0.05, 0) is 17.7 Å². The third-order valence-corrected chi connectivity index (χ3v) is 3.85. The van der Waals surface area contributed by atoms with E-state index in [0.29, 0.717) is 6.42 Å². The third-order valence-electron chi connectivity index (χ3n) is 3.00. The van der Waals surface area contributed by atoms with E-state index in [4.69, 9.17) is 5.26 Å². The molecule has 0 atom stereocenters. The van der Waals surface area contributed by atoms with Crippen molar-refractivity contribution in [1.29, 1.82) is 5.26 Å². The Bertz CT molecular complexity index is 600. The van der Waals surface area contributed by atoms with Crippen molar-refractivity contribution in [1.82, 2.24) is 4.98 Å². The van der Waals surface area contributed by atoms with Crippen molar-refractivity contribution in [3.05, 3.63) is 45.9 Å². The van der Waals surface area contributed by atoms with E-state index in [-0.39, 0.29) is 5.41 Å². The van der Waals surface area contributed by atoms with Gasteiger partial charge in [-0.1, -0.05) is 32.9 Å². The summed E-state index contributed by atoms with van der Waals surface area (Å²) < 4.78 is 0. The van der Waals surface area contributed by atoms with Gasteiger partial charge in [0, 0.05) is 16.5 Å². The van der Waals surface area contributed by atoms with Crippen LogP contribution in [0.3, 0.4) is 0 Å². The van der Waals surface area contributed by atoms with E-state index >= 15 is 0 Å². The van der Waals surface area contributed by atoms with Crippen LogP contribution in [0.15, 0.2) is 29.6 Å². The number of aromatic nitrogens is 1. The fourth-order valence-electron chi connectivity index (χ4n) is 1.75. The second-order valence-electron chi connectivity index (χ2n) is 5.76. The molecule has 4 heteroatoms. The Kier molecular flexibility index (Phi) is 4.41. The summed E-state index contributed by atoms with van der Waals surface area (Å²) in [6, 6.07) is 10.1. The fourth-order valence-corrected chi connectivity index (χ4v) is 2.71. The van der Waals surface area contributed by atoms with Gasteiger partial charge >= 0.3 is 0 Å². The molecule has 0 radical (unpaired) electrons. The standard InChI is InChI=1S/C16H19N3S/c1-16(2,3)14-11-20-15(19-14)10-18-13-6-4-12(5-7-13)8-9-17/h4-7,11,18H,8,10H2,1-3H3. The molecule has 104 valence electrons. The van der Waals surface area contributed by atoms with Crippen LogP contribution in [0, 0.1) is 11.3 Å². The van der Waals surface area contributed by atoms with Crippen molar-refractivity contribution in [2.75, 3.05) is 5.32 Å². The lowest BCUT2D eigenvalue weighted by molar-refractivity contribution is 0.571. The number of nitrogens with zero attached hydrogens (tertiary/aromatic N) is 2. The number of hydrogen-bond donors (Lipinski definition) is 1. The molecule has 0 saturated heterocycles. The summed E-state index contributed by atoms with van der Waals surface area (Å²) in [7, 11) is 0. The number of nitriles is 1. The molecule has 2 aromatic rings. The molecule has 0 unspecified atom stereocenters. The van der Waals surface area contributed by atoms with Crippen LogP contribution in [0.5, 0.6) is 0 Å². The Morgan fingerprint density at radius 3 is 2.50 bits per heavy atom. The summed E-state index contributed by atoms with van der Waals surface area (Å²) in [6.45, 7) is 7.26. The lowest BCUT2D eigenvalue weighted by Gasteiger charge is -2.14. The Labute approximate surface area is 124 Å². The zero-order valence-electron chi connectivity index (χ0n) is 12.1. The molecule has 0 amide bonds. The van der Waals surface area contributed by atoms with E-state index in [2.05, 4.69) is 42.5 Å². The van der Waals surface area contributed by atoms with Crippen molar-refractivity contribution < 1.29 is 0 Å². The number of benzene rings is 1. The molecular formula is C16H19N3S. The van der Waals surface area contributed by atoms with E-state index in [1.54, 1.807) is 11.3 Å². The van der Waals surface area contributed by atoms with Gasteiger partial charge in [-0.3, -0.25) is 0 Å². The molecule has 1 aromatic carbocycles. The molecule has 20 heavy (non-hydrogen) atoms. The predicted octanol–water partition coefficient (Wildman–Crippen LogP) is 4.12. The van der Waals surface area contributed by atoms with Gasteiger partial charge in [0.05, 0.1) is 24.7 Å². The molecule has 0 bridgehead atoms. The molecule has 1 heterocycles. The first-order valence-electron chi connectivity index (χ1n) is 6.63. The maximum atomic E-state index is 8.64. The summed E-state index contributed by atoms with van der Waals surface area (Å²) >= 11 is 1.69. The van der Waals surface area contributed by atoms with E-state index < -0.39 is 0 Å². The molecule has 1 aromatic heterocycles. The number of anilines is 1. The van der Waals surface area contributed by atoms with Gasteiger partial charge in [-0.25, -0.2) is 4.98 Å². The van der Waals surface area contributed by atoms with E-state index in [1.807, 2.05) is 24.3 Å². The normalized spacial score (nSPS) is 11.1. The van der Waals surface area contributed by atoms with Crippen LogP contribution in [-0.2, 0) is 18.4 Å². The first-order chi connectivity index (χ1) is 9.49. The second kappa shape index (κ2) is 6.06. The molecule has 2 rings (SSSR count). The lowest BCUT2D eigenvalue weighted by Crippen LogP contribution is -2.11. The average Bonchev–Trinajstić information content (AvgIpc) is 2.87. The van der Waals surface area contributed by atoms with Crippen molar-refractivity contribution >= 4 is 17.0 Å². The largest absolute Gasteiger partial charge is 0.379 e. The Hall–Kier alpha value is -1.86. The van der Waals surface area contributed by atoms with Gasteiger partial charge in [-0.2, -0.15) is 5.26 Å². The second-order valence-corrected chi connectivity index (χ2v) is 6.70. The quantitative estimate of drug-likeness (QED) is 0.919. The van der Waals surface area contributed by atoms with Crippen molar-refractivity contribution in [2.45, 2.75) is 39.2 Å². The minimum absolute atomic E-state index is 0.105.